The van der Waals surface area contributed by atoms with E-state index in [1.54, 1.807) is 49.5 Å². The van der Waals surface area contributed by atoms with Gasteiger partial charge in [0.05, 0.1) is 14.2 Å². The van der Waals surface area contributed by atoms with Crippen molar-refractivity contribution >= 4 is 11.8 Å². The standard InChI is InChI=1S/C30H37FN6O4/c1-40-25-17-14-21(18-26(25)41-2)29-33-35-36(34-29)19-27(38)37(24-10-6-7-11-24)28(20-12-15-22(31)16-13-20)30(39)32-23-8-4-3-5-9-23/h12-18,23-24,28H,3-11,19H2,1-2H3,(H,32,39). The summed E-state index contributed by atoms with van der Waals surface area (Å²) in [6.07, 6.45) is 8.66. The molecular weight excluding hydrogens is 527 g/mol. The van der Waals surface area contributed by atoms with Gasteiger partial charge in [-0.05, 0) is 66.8 Å². The highest BCUT2D eigenvalue weighted by Crippen LogP contribution is 2.33. The second-order valence-corrected chi connectivity index (χ2v) is 10.8. The van der Waals surface area contributed by atoms with Gasteiger partial charge < -0.3 is 19.7 Å². The minimum absolute atomic E-state index is 0.0701. The lowest BCUT2D eigenvalue weighted by molar-refractivity contribution is -0.144. The topological polar surface area (TPSA) is 111 Å². The number of aromatic nitrogens is 4. The first-order valence-electron chi connectivity index (χ1n) is 14.3. The van der Waals surface area contributed by atoms with E-state index < -0.39 is 11.9 Å². The molecule has 2 fully saturated rings. The predicted octanol–water partition coefficient (Wildman–Crippen LogP) is 4.46. The molecule has 5 rings (SSSR count). The van der Waals surface area contributed by atoms with E-state index in [2.05, 4.69) is 20.7 Å². The molecular formula is C30H37FN6O4. The maximum Gasteiger partial charge on any atom is 0.247 e. The first kappa shape index (κ1) is 28.5. The van der Waals surface area contributed by atoms with Gasteiger partial charge in [0.1, 0.15) is 18.4 Å². The summed E-state index contributed by atoms with van der Waals surface area (Å²) < 4.78 is 24.6. The van der Waals surface area contributed by atoms with Gasteiger partial charge in [0, 0.05) is 17.6 Å². The number of ether oxygens (including phenoxy) is 2. The average molecular weight is 565 g/mol. The molecule has 11 heteroatoms. The molecule has 0 aliphatic heterocycles. The first-order chi connectivity index (χ1) is 20.0. The van der Waals surface area contributed by atoms with Crippen molar-refractivity contribution in [3.05, 3.63) is 53.8 Å². The van der Waals surface area contributed by atoms with Crippen molar-refractivity contribution in [1.29, 1.82) is 0 Å². The van der Waals surface area contributed by atoms with E-state index >= 15 is 0 Å². The number of methoxy groups -OCH3 is 2. The van der Waals surface area contributed by atoms with Crippen molar-refractivity contribution in [2.24, 2.45) is 0 Å². The minimum Gasteiger partial charge on any atom is -0.493 e. The summed E-state index contributed by atoms with van der Waals surface area (Å²) in [5.74, 6) is 0.507. The van der Waals surface area contributed by atoms with Crippen LogP contribution < -0.4 is 14.8 Å². The molecule has 2 aliphatic rings. The summed E-state index contributed by atoms with van der Waals surface area (Å²) >= 11 is 0. The number of carbonyl (C=O) groups is 2. The second-order valence-electron chi connectivity index (χ2n) is 10.8. The van der Waals surface area contributed by atoms with Crippen LogP contribution in [0, 0.1) is 5.82 Å². The Bertz CT molecular complexity index is 1340. The fraction of sp³-hybridized carbons (Fsp3) is 0.500. The fourth-order valence-corrected chi connectivity index (χ4v) is 5.96. The third-order valence-corrected chi connectivity index (χ3v) is 8.04. The molecule has 10 nitrogen and oxygen atoms in total. The second kappa shape index (κ2) is 13.1. The number of benzene rings is 2. The smallest absolute Gasteiger partial charge is 0.247 e. The van der Waals surface area contributed by atoms with Crippen molar-refractivity contribution in [2.45, 2.75) is 82.5 Å². The molecule has 3 aromatic rings. The van der Waals surface area contributed by atoms with E-state index in [0.717, 1.165) is 57.8 Å². The lowest BCUT2D eigenvalue weighted by atomic mass is 9.94. The molecule has 0 spiro atoms. The van der Waals surface area contributed by atoms with Gasteiger partial charge in [-0.2, -0.15) is 4.80 Å². The molecule has 2 amide bonds. The van der Waals surface area contributed by atoms with Crippen LogP contribution in [-0.2, 0) is 16.1 Å². The van der Waals surface area contributed by atoms with Crippen LogP contribution in [0.4, 0.5) is 4.39 Å². The van der Waals surface area contributed by atoms with Crippen LogP contribution >= 0.6 is 0 Å². The number of hydrogen-bond donors (Lipinski definition) is 1. The first-order valence-corrected chi connectivity index (χ1v) is 14.3. The Kier molecular flexibility index (Phi) is 9.11. The van der Waals surface area contributed by atoms with E-state index in [-0.39, 0.29) is 30.4 Å². The van der Waals surface area contributed by atoms with Gasteiger partial charge in [0.15, 0.2) is 11.5 Å². The molecule has 218 valence electrons. The van der Waals surface area contributed by atoms with Crippen molar-refractivity contribution in [3.63, 3.8) is 0 Å². The average Bonchev–Trinajstić information content (AvgIpc) is 3.69. The number of nitrogens with one attached hydrogen (secondary N) is 1. The van der Waals surface area contributed by atoms with Gasteiger partial charge in [-0.15, -0.1) is 10.2 Å². The number of rotatable bonds is 10. The zero-order chi connectivity index (χ0) is 28.8. The molecule has 41 heavy (non-hydrogen) atoms. The van der Waals surface area contributed by atoms with Gasteiger partial charge in [-0.1, -0.05) is 44.2 Å². The molecule has 0 saturated heterocycles. The van der Waals surface area contributed by atoms with Crippen LogP contribution in [0.3, 0.4) is 0 Å². The zero-order valence-corrected chi connectivity index (χ0v) is 23.6. The highest BCUT2D eigenvalue weighted by Gasteiger charge is 2.38. The van der Waals surface area contributed by atoms with Crippen LogP contribution in [0.1, 0.15) is 69.4 Å². The Balaban J connectivity index is 1.42. The van der Waals surface area contributed by atoms with E-state index in [0.29, 0.717) is 28.5 Å². The van der Waals surface area contributed by atoms with Crippen LogP contribution in [0.5, 0.6) is 11.5 Å². The van der Waals surface area contributed by atoms with Gasteiger partial charge in [0.2, 0.25) is 17.6 Å². The molecule has 2 aliphatic carbocycles. The number of amides is 2. The molecule has 1 N–H and O–H groups in total. The molecule has 1 atom stereocenters. The Morgan fingerprint density at radius 3 is 2.34 bits per heavy atom. The summed E-state index contributed by atoms with van der Waals surface area (Å²) in [5, 5.41) is 15.9. The van der Waals surface area contributed by atoms with E-state index in [1.807, 2.05) is 0 Å². The highest BCUT2D eigenvalue weighted by molar-refractivity contribution is 5.89. The lowest BCUT2D eigenvalue weighted by Gasteiger charge is -2.37. The number of nitrogens with zero attached hydrogens (tertiary/aromatic N) is 5. The summed E-state index contributed by atoms with van der Waals surface area (Å²) in [6.45, 7) is -0.189. The van der Waals surface area contributed by atoms with Gasteiger partial charge >= 0.3 is 0 Å². The van der Waals surface area contributed by atoms with Crippen LogP contribution in [-0.4, -0.2) is 63.2 Å². The molecule has 1 aromatic heterocycles. The van der Waals surface area contributed by atoms with Gasteiger partial charge in [-0.3, -0.25) is 9.59 Å². The maximum atomic E-state index is 14.0. The monoisotopic (exact) mass is 564 g/mol. The van der Waals surface area contributed by atoms with Crippen LogP contribution in [0.15, 0.2) is 42.5 Å². The number of tetrazole rings is 1. The quantitative estimate of drug-likeness (QED) is 0.387. The summed E-state index contributed by atoms with van der Waals surface area (Å²) in [6, 6.07) is 10.2. The largest absolute Gasteiger partial charge is 0.493 e. The van der Waals surface area contributed by atoms with E-state index in [9.17, 15) is 14.0 Å². The van der Waals surface area contributed by atoms with E-state index in [1.165, 1.54) is 16.9 Å². The molecule has 1 heterocycles. The van der Waals surface area contributed by atoms with Crippen LogP contribution in [0.25, 0.3) is 11.4 Å². The Hall–Kier alpha value is -4.02. The zero-order valence-electron chi connectivity index (χ0n) is 23.6. The Morgan fingerprint density at radius 2 is 1.66 bits per heavy atom. The van der Waals surface area contributed by atoms with E-state index in [4.69, 9.17) is 9.47 Å². The molecule has 2 aromatic carbocycles. The minimum atomic E-state index is -0.887. The Morgan fingerprint density at radius 1 is 0.976 bits per heavy atom. The maximum absolute atomic E-state index is 14.0. The normalized spacial score (nSPS) is 16.8. The molecule has 0 radical (unpaired) electrons. The van der Waals surface area contributed by atoms with Gasteiger partial charge in [0.25, 0.3) is 0 Å². The Labute approximate surface area is 239 Å². The van der Waals surface area contributed by atoms with Crippen molar-refractivity contribution in [2.75, 3.05) is 14.2 Å². The summed E-state index contributed by atoms with van der Waals surface area (Å²) in [5.41, 5.74) is 1.24. The fourth-order valence-electron chi connectivity index (χ4n) is 5.96. The van der Waals surface area contributed by atoms with Crippen molar-refractivity contribution < 1.29 is 23.5 Å². The molecule has 1 unspecified atom stereocenters. The van der Waals surface area contributed by atoms with Crippen LogP contribution in [0.2, 0.25) is 0 Å². The number of hydrogen-bond acceptors (Lipinski definition) is 7. The van der Waals surface area contributed by atoms with Crippen molar-refractivity contribution in [3.8, 4) is 22.9 Å². The SMILES string of the molecule is COc1ccc(-c2nnn(CC(=O)N(C3CCCC3)C(C(=O)NC3CCCCC3)c3ccc(F)cc3)n2)cc1OC. The third-order valence-electron chi connectivity index (χ3n) is 8.04. The third kappa shape index (κ3) is 6.66. The summed E-state index contributed by atoms with van der Waals surface area (Å²) in [7, 11) is 3.10. The van der Waals surface area contributed by atoms with Gasteiger partial charge in [-0.25, -0.2) is 4.39 Å². The summed E-state index contributed by atoms with van der Waals surface area (Å²) in [4.78, 5) is 30.8. The molecule has 0 bridgehead atoms. The number of halogens is 1. The lowest BCUT2D eigenvalue weighted by Crippen LogP contribution is -2.51. The highest BCUT2D eigenvalue weighted by atomic mass is 19.1. The predicted molar refractivity (Wildman–Crippen MR) is 150 cm³/mol. The number of carbonyl (C=O) groups excluding carboxylic acids is 2. The van der Waals surface area contributed by atoms with Crippen molar-refractivity contribution in [1.82, 2.24) is 30.4 Å². The molecule has 2 saturated carbocycles.